The van der Waals surface area contributed by atoms with Crippen molar-refractivity contribution in [2.24, 2.45) is 23.5 Å². The Hall–Kier alpha value is -0.890. The molecule has 1 heterocycles. The van der Waals surface area contributed by atoms with Gasteiger partial charge < -0.3 is 5.73 Å². The predicted molar refractivity (Wildman–Crippen MR) is 76.8 cm³/mol. The van der Waals surface area contributed by atoms with Gasteiger partial charge >= 0.3 is 0 Å². The van der Waals surface area contributed by atoms with Crippen LogP contribution in [0.25, 0.3) is 0 Å². The van der Waals surface area contributed by atoms with Crippen LogP contribution in [0.3, 0.4) is 0 Å². The monoisotopic (exact) mass is 256 g/mol. The maximum Gasteiger partial charge on any atom is 0.0308 e. The summed E-state index contributed by atoms with van der Waals surface area (Å²) in [6, 6.07) is 2.21. The molecule has 0 aromatic carbocycles. The van der Waals surface area contributed by atoms with Gasteiger partial charge in [-0.15, -0.1) is 0 Å². The highest BCUT2D eigenvalue weighted by Crippen LogP contribution is 2.61. The van der Waals surface area contributed by atoms with E-state index < -0.39 is 0 Å². The Bertz CT molecular complexity index is 445. The highest BCUT2D eigenvalue weighted by atomic mass is 14.7. The van der Waals surface area contributed by atoms with E-state index in [4.69, 9.17) is 5.73 Å². The Morgan fingerprint density at radius 1 is 1.11 bits per heavy atom. The zero-order chi connectivity index (χ0) is 12.9. The fraction of sp³-hybridized carbons (Fsp3) is 0.706. The van der Waals surface area contributed by atoms with E-state index in [2.05, 4.69) is 17.2 Å². The van der Waals surface area contributed by atoms with Gasteiger partial charge in [0, 0.05) is 12.4 Å². The molecule has 4 aliphatic rings. The molecule has 1 aromatic rings. The van der Waals surface area contributed by atoms with Gasteiger partial charge in [-0.25, -0.2) is 0 Å². The van der Waals surface area contributed by atoms with Crippen LogP contribution in [0.2, 0.25) is 0 Å². The van der Waals surface area contributed by atoms with Crippen molar-refractivity contribution >= 4 is 0 Å². The van der Waals surface area contributed by atoms with Crippen molar-refractivity contribution in [3.05, 3.63) is 29.6 Å². The molecular formula is C17H24N2. The average molecular weight is 256 g/mol. The van der Waals surface area contributed by atoms with Gasteiger partial charge in [0.2, 0.25) is 0 Å². The molecule has 2 heteroatoms. The molecule has 0 spiro atoms. The summed E-state index contributed by atoms with van der Waals surface area (Å²) in [7, 11) is 0. The van der Waals surface area contributed by atoms with E-state index in [0.29, 0.717) is 5.41 Å². The lowest BCUT2D eigenvalue weighted by Gasteiger charge is -2.57. The van der Waals surface area contributed by atoms with Crippen molar-refractivity contribution in [2.45, 2.75) is 50.4 Å². The lowest BCUT2D eigenvalue weighted by molar-refractivity contribution is -0.00572. The molecule has 4 bridgehead atoms. The van der Waals surface area contributed by atoms with Crippen LogP contribution in [-0.4, -0.2) is 11.5 Å². The van der Waals surface area contributed by atoms with E-state index >= 15 is 0 Å². The fourth-order valence-electron chi connectivity index (χ4n) is 5.71. The summed E-state index contributed by atoms with van der Waals surface area (Å²) in [6.07, 6.45) is 13.9. The maximum absolute atomic E-state index is 5.80. The average Bonchev–Trinajstić information content (AvgIpc) is 2.38. The third-order valence-electron chi connectivity index (χ3n) is 5.93. The van der Waals surface area contributed by atoms with Crippen molar-refractivity contribution in [1.82, 2.24) is 4.98 Å². The molecule has 0 unspecified atom stereocenters. The second-order valence-corrected chi connectivity index (χ2v) is 7.27. The number of pyridine rings is 1. The number of nitrogens with two attached hydrogens (primary N) is 1. The molecule has 0 atom stereocenters. The Labute approximate surface area is 115 Å². The molecule has 102 valence electrons. The number of hydrogen-bond donors (Lipinski definition) is 1. The Balaban J connectivity index is 1.75. The van der Waals surface area contributed by atoms with E-state index in [1.165, 1.54) is 44.1 Å². The fourth-order valence-corrected chi connectivity index (χ4v) is 5.71. The maximum atomic E-state index is 5.80. The third kappa shape index (κ3) is 1.84. The molecule has 19 heavy (non-hydrogen) atoms. The number of nitrogens with zero attached hydrogens (tertiary/aromatic N) is 1. The van der Waals surface area contributed by atoms with Gasteiger partial charge in [-0.3, -0.25) is 4.98 Å². The zero-order valence-electron chi connectivity index (χ0n) is 11.6. The third-order valence-corrected chi connectivity index (χ3v) is 5.93. The van der Waals surface area contributed by atoms with Gasteiger partial charge in [0.25, 0.3) is 0 Å². The lowest BCUT2D eigenvalue weighted by Crippen LogP contribution is -2.49. The summed E-state index contributed by atoms with van der Waals surface area (Å²) < 4.78 is 0. The molecule has 0 amide bonds. The second kappa shape index (κ2) is 4.31. The van der Waals surface area contributed by atoms with Crippen LogP contribution in [0, 0.1) is 17.8 Å². The summed E-state index contributed by atoms with van der Waals surface area (Å²) >= 11 is 0. The van der Waals surface area contributed by atoms with Crippen LogP contribution in [-0.2, 0) is 11.8 Å². The standard InChI is InChI=1S/C17H24N2/c18-3-1-15-2-4-19-11-16(15)17-8-12-5-13(9-17)7-14(6-12)10-17/h2,4,11-14H,1,3,5-10,18H2. The quantitative estimate of drug-likeness (QED) is 0.902. The van der Waals surface area contributed by atoms with Crippen molar-refractivity contribution in [2.75, 3.05) is 6.54 Å². The van der Waals surface area contributed by atoms with Crippen LogP contribution in [0.4, 0.5) is 0 Å². The van der Waals surface area contributed by atoms with Gasteiger partial charge in [-0.05, 0) is 91.9 Å². The Kier molecular flexibility index (Phi) is 2.70. The topological polar surface area (TPSA) is 38.9 Å². The Morgan fingerprint density at radius 3 is 2.32 bits per heavy atom. The first-order valence-electron chi connectivity index (χ1n) is 7.92. The summed E-state index contributed by atoms with van der Waals surface area (Å²) in [5.74, 6) is 2.99. The molecular weight excluding hydrogens is 232 g/mol. The van der Waals surface area contributed by atoms with E-state index in [0.717, 1.165) is 30.7 Å². The van der Waals surface area contributed by atoms with Crippen LogP contribution in [0.15, 0.2) is 18.5 Å². The van der Waals surface area contributed by atoms with Gasteiger partial charge in [0.05, 0.1) is 0 Å². The van der Waals surface area contributed by atoms with Crippen LogP contribution in [0.5, 0.6) is 0 Å². The first-order chi connectivity index (χ1) is 9.29. The van der Waals surface area contributed by atoms with Gasteiger partial charge in [0.1, 0.15) is 0 Å². The van der Waals surface area contributed by atoms with Crippen molar-refractivity contribution in [3.63, 3.8) is 0 Å². The van der Waals surface area contributed by atoms with Crippen LogP contribution >= 0.6 is 0 Å². The molecule has 0 saturated heterocycles. The molecule has 4 saturated carbocycles. The first-order valence-corrected chi connectivity index (χ1v) is 7.92. The summed E-state index contributed by atoms with van der Waals surface area (Å²) in [5, 5.41) is 0. The van der Waals surface area contributed by atoms with Crippen molar-refractivity contribution in [3.8, 4) is 0 Å². The smallest absolute Gasteiger partial charge is 0.0308 e. The van der Waals surface area contributed by atoms with Crippen molar-refractivity contribution < 1.29 is 0 Å². The minimum atomic E-state index is 0.466. The van der Waals surface area contributed by atoms with E-state index in [1.807, 2.05) is 6.20 Å². The summed E-state index contributed by atoms with van der Waals surface area (Å²) in [6.45, 7) is 0.753. The SMILES string of the molecule is NCCc1ccncc1C12CC3CC(CC(C3)C1)C2. The van der Waals surface area contributed by atoms with Crippen LogP contribution in [0.1, 0.15) is 49.7 Å². The summed E-state index contributed by atoms with van der Waals surface area (Å²) in [4.78, 5) is 4.44. The number of aromatic nitrogens is 1. The van der Waals surface area contributed by atoms with Gasteiger partial charge in [-0.2, -0.15) is 0 Å². The minimum Gasteiger partial charge on any atom is -0.330 e. The van der Waals surface area contributed by atoms with E-state index in [9.17, 15) is 0 Å². The molecule has 0 aliphatic heterocycles. The van der Waals surface area contributed by atoms with Crippen LogP contribution < -0.4 is 5.73 Å². The molecule has 2 nitrogen and oxygen atoms in total. The van der Waals surface area contributed by atoms with Gasteiger partial charge in [0.15, 0.2) is 0 Å². The minimum absolute atomic E-state index is 0.466. The molecule has 5 rings (SSSR count). The Morgan fingerprint density at radius 2 is 1.74 bits per heavy atom. The van der Waals surface area contributed by atoms with E-state index in [-0.39, 0.29) is 0 Å². The molecule has 4 aliphatic carbocycles. The first kappa shape index (κ1) is 11.9. The van der Waals surface area contributed by atoms with Crippen molar-refractivity contribution in [1.29, 1.82) is 0 Å². The predicted octanol–water partition coefficient (Wildman–Crippen LogP) is 3.05. The number of hydrogen-bond acceptors (Lipinski definition) is 2. The molecule has 2 N–H and O–H groups in total. The van der Waals surface area contributed by atoms with Gasteiger partial charge in [-0.1, -0.05) is 0 Å². The largest absolute Gasteiger partial charge is 0.330 e. The lowest BCUT2D eigenvalue weighted by atomic mass is 9.48. The highest BCUT2D eigenvalue weighted by Gasteiger charge is 2.52. The number of rotatable bonds is 3. The van der Waals surface area contributed by atoms with E-state index in [1.54, 1.807) is 5.56 Å². The molecule has 4 fully saturated rings. The highest BCUT2D eigenvalue weighted by molar-refractivity contribution is 5.34. The summed E-state index contributed by atoms with van der Waals surface area (Å²) in [5.41, 5.74) is 9.29. The molecule has 0 radical (unpaired) electrons. The molecule has 1 aromatic heterocycles. The normalized spacial score (nSPS) is 39.7. The zero-order valence-corrected chi connectivity index (χ0v) is 11.6. The second-order valence-electron chi connectivity index (χ2n) is 7.27.